The molecule has 2 N–H and O–H groups in total. The van der Waals surface area contributed by atoms with Crippen molar-refractivity contribution in [1.82, 2.24) is 20.5 Å². The Balaban J connectivity index is 1.72. The van der Waals surface area contributed by atoms with Crippen LogP contribution in [-0.4, -0.2) is 34.2 Å². The molecule has 0 spiro atoms. The number of hydrogen-bond acceptors (Lipinski definition) is 4. The van der Waals surface area contributed by atoms with E-state index < -0.39 is 0 Å². The van der Waals surface area contributed by atoms with Crippen LogP contribution >= 0.6 is 0 Å². The van der Waals surface area contributed by atoms with Gasteiger partial charge in [-0.25, -0.2) is 4.98 Å². The summed E-state index contributed by atoms with van der Waals surface area (Å²) in [5.74, 6) is 1.75. The maximum atomic E-state index is 11.7. The second-order valence-corrected chi connectivity index (χ2v) is 5.05. The van der Waals surface area contributed by atoms with Gasteiger partial charge in [0.15, 0.2) is 6.61 Å². The lowest BCUT2D eigenvalue weighted by molar-refractivity contribution is -0.123. The van der Waals surface area contributed by atoms with Crippen LogP contribution in [0.3, 0.4) is 0 Å². The zero-order chi connectivity index (χ0) is 15.1. The number of H-pyrrole nitrogens is 1. The fourth-order valence-electron chi connectivity index (χ4n) is 1.83. The summed E-state index contributed by atoms with van der Waals surface area (Å²) in [5, 5.41) is 9.26. The van der Waals surface area contributed by atoms with Crippen LogP contribution in [0.5, 0.6) is 5.75 Å². The Kier molecular flexibility index (Phi) is 5.31. The molecule has 6 heteroatoms. The molecule has 21 heavy (non-hydrogen) atoms. The summed E-state index contributed by atoms with van der Waals surface area (Å²) in [6.45, 7) is 4.76. The molecule has 0 radical (unpaired) electrons. The largest absolute Gasteiger partial charge is 0.484 e. The first-order chi connectivity index (χ1) is 10.1. The fourth-order valence-corrected chi connectivity index (χ4v) is 1.83. The number of nitrogens with one attached hydrogen (secondary N) is 2. The highest BCUT2D eigenvalue weighted by molar-refractivity contribution is 5.77. The smallest absolute Gasteiger partial charge is 0.257 e. The lowest BCUT2D eigenvalue weighted by atomic mass is 10.0. The number of aromatic nitrogens is 3. The Morgan fingerprint density at radius 2 is 2.29 bits per heavy atom. The molecule has 1 aromatic heterocycles. The van der Waals surface area contributed by atoms with Gasteiger partial charge >= 0.3 is 0 Å². The number of hydrogen-bond donors (Lipinski definition) is 2. The van der Waals surface area contributed by atoms with E-state index in [1.807, 2.05) is 18.2 Å². The normalized spacial score (nSPS) is 10.6. The van der Waals surface area contributed by atoms with Gasteiger partial charge in [-0.15, -0.1) is 0 Å². The molecule has 0 aliphatic rings. The van der Waals surface area contributed by atoms with Crippen molar-refractivity contribution in [2.45, 2.75) is 26.2 Å². The molecule has 0 saturated carbocycles. The van der Waals surface area contributed by atoms with Gasteiger partial charge in [0.25, 0.3) is 5.91 Å². The molecular weight excluding hydrogens is 268 g/mol. The van der Waals surface area contributed by atoms with Crippen LogP contribution in [0.2, 0.25) is 0 Å². The fraction of sp³-hybridized carbons (Fsp3) is 0.400. The van der Waals surface area contributed by atoms with Crippen molar-refractivity contribution in [3.63, 3.8) is 0 Å². The van der Waals surface area contributed by atoms with E-state index >= 15 is 0 Å². The number of benzene rings is 1. The van der Waals surface area contributed by atoms with E-state index in [9.17, 15) is 4.79 Å². The van der Waals surface area contributed by atoms with Crippen LogP contribution < -0.4 is 10.1 Å². The number of rotatable bonds is 7. The third kappa shape index (κ3) is 4.91. The zero-order valence-electron chi connectivity index (χ0n) is 12.3. The number of carbonyl (C=O) groups is 1. The Morgan fingerprint density at radius 1 is 1.43 bits per heavy atom. The van der Waals surface area contributed by atoms with E-state index in [1.54, 1.807) is 0 Å². The molecule has 1 amide bonds. The van der Waals surface area contributed by atoms with Crippen LogP contribution in [0.15, 0.2) is 30.6 Å². The van der Waals surface area contributed by atoms with Crippen LogP contribution in [-0.2, 0) is 11.2 Å². The molecular formula is C15H20N4O2. The first-order valence-corrected chi connectivity index (χ1v) is 6.99. The van der Waals surface area contributed by atoms with Crippen molar-refractivity contribution in [3.8, 4) is 5.75 Å². The highest BCUT2D eigenvalue weighted by Gasteiger charge is 2.05. The quantitative estimate of drug-likeness (QED) is 0.812. The third-order valence-electron chi connectivity index (χ3n) is 3.04. The Morgan fingerprint density at radius 3 is 3.00 bits per heavy atom. The van der Waals surface area contributed by atoms with E-state index in [4.69, 9.17) is 4.74 Å². The van der Waals surface area contributed by atoms with Crippen LogP contribution in [0.1, 0.15) is 31.2 Å². The average molecular weight is 288 g/mol. The molecule has 0 unspecified atom stereocenters. The standard InChI is InChI=1S/C15H20N4O2/c1-11(2)12-4-3-5-13(8-12)21-9-15(20)16-7-6-14-17-10-18-19-14/h3-5,8,10-11H,6-7,9H2,1-2H3,(H,16,20)(H,17,18,19). The van der Waals surface area contributed by atoms with Gasteiger partial charge < -0.3 is 10.1 Å². The van der Waals surface area contributed by atoms with Crippen LogP contribution in [0.4, 0.5) is 0 Å². The molecule has 0 aliphatic carbocycles. The average Bonchev–Trinajstić information content (AvgIpc) is 2.99. The van der Waals surface area contributed by atoms with Crippen LogP contribution in [0, 0.1) is 0 Å². The maximum Gasteiger partial charge on any atom is 0.257 e. The van der Waals surface area contributed by atoms with Gasteiger partial charge in [0, 0.05) is 13.0 Å². The monoisotopic (exact) mass is 288 g/mol. The first-order valence-electron chi connectivity index (χ1n) is 6.99. The Bertz CT molecular complexity index is 567. The summed E-state index contributed by atoms with van der Waals surface area (Å²) in [6, 6.07) is 7.81. The lowest BCUT2D eigenvalue weighted by Gasteiger charge is -2.10. The van der Waals surface area contributed by atoms with Gasteiger partial charge in [-0.05, 0) is 23.6 Å². The summed E-state index contributed by atoms with van der Waals surface area (Å²) in [7, 11) is 0. The van der Waals surface area contributed by atoms with Crippen molar-refractivity contribution in [2.24, 2.45) is 0 Å². The van der Waals surface area contributed by atoms with Crippen molar-refractivity contribution in [3.05, 3.63) is 42.0 Å². The molecule has 2 rings (SSSR count). The molecule has 2 aromatic rings. The molecule has 0 atom stereocenters. The minimum Gasteiger partial charge on any atom is -0.484 e. The third-order valence-corrected chi connectivity index (χ3v) is 3.04. The number of carbonyl (C=O) groups excluding carboxylic acids is 1. The molecule has 0 saturated heterocycles. The number of aromatic amines is 1. The van der Waals surface area contributed by atoms with Gasteiger partial charge in [0.2, 0.25) is 0 Å². The molecule has 6 nitrogen and oxygen atoms in total. The van der Waals surface area contributed by atoms with E-state index in [1.165, 1.54) is 11.9 Å². The Labute approximate surface area is 123 Å². The van der Waals surface area contributed by atoms with Crippen molar-refractivity contribution >= 4 is 5.91 Å². The van der Waals surface area contributed by atoms with E-state index in [0.29, 0.717) is 24.6 Å². The van der Waals surface area contributed by atoms with Crippen molar-refractivity contribution in [1.29, 1.82) is 0 Å². The molecule has 1 heterocycles. The van der Waals surface area contributed by atoms with E-state index in [2.05, 4.69) is 40.4 Å². The van der Waals surface area contributed by atoms with Crippen molar-refractivity contribution < 1.29 is 9.53 Å². The van der Waals surface area contributed by atoms with Gasteiger partial charge in [-0.2, -0.15) is 5.10 Å². The highest BCUT2D eigenvalue weighted by Crippen LogP contribution is 2.19. The number of ether oxygens (including phenoxy) is 1. The topological polar surface area (TPSA) is 79.9 Å². The predicted molar refractivity (Wildman–Crippen MR) is 79.1 cm³/mol. The predicted octanol–water partition coefficient (Wildman–Crippen LogP) is 1.67. The number of nitrogens with zero attached hydrogens (tertiary/aromatic N) is 2. The van der Waals surface area contributed by atoms with Gasteiger partial charge in [0.1, 0.15) is 17.9 Å². The zero-order valence-corrected chi connectivity index (χ0v) is 12.3. The summed E-state index contributed by atoms with van der Waals surface area (Å²) >= 11 is 0. The molecule has 0 fully saturated rings. The lowest BCUT2D eigenvalue weighted by Crippen LogP contribution is -2.30. The summed E-state index contributed by atoms with van der Waals surface area (Å²) < 4.78 is 5.50. The van der Waals surface area contributed by atoms with Gasteiger partial charge in [0.05, 0.1) is 0 Å². The van der Waals surface area contributed by atoms with Gasteiger partial charge in [-0.1, -0.05) is 26.0 Å². The van der Waals surface area contributed by atoms with Crippen molar-refractivity contribution in [2.75, 3.05) is 13.2 Å². The first kappa shape index (κ1) is 15.0. The molecule has 0 aliphatic heterocycles. The summed E-state index contributed by atoms with van der Waals surface area (Å²) in [4.78, 5) is 15.7. The number of amides is 1. The minimum atomic E-state index is -0.149. The SMILES string of the molecule is CC(C)c1cccc(OCC(=O)NCCc2ncn[nH]2)c1. The Hall–Kier alpha value is -2.37. The highest BCUT2D eigenvalue weighted by atomic mass is 16.5. The minimum absolute atomic E-state index is 0.0119. The second-order valence-electron chi connectivity index (χ2n) is 5.05. The van der Waals surface area contributed by atoms with Gasteiger partial charge in [-0.3, -0.25) is 9.89 Å². The summed E-state index contributed by atoms with van der Waals surface area (Å²) in [6.07, 6.45) is 2.07. The second kappa shape index (κ2) is 7.42. The molecule has 0 bridgehead atoms. The van der Waals surface area contributed by atoms with E-state index in [-0.39, 0.29) is 12.5 Å². The maximum absolute atomic E-state index is 11.7. The molecule has 112 valence electrons. The molecule has 1 aromatic carbocycles. The summed E-state index contributed by atoms with van der Waals surface area (Å²) in [5.41, 5.74) is 1.19. The van der Waals surface area contributed by atoms with Crippen LogP contribution in [0.25, 0.3) is 0 Å². The van der Waals surface area contributed by atoms with E-state index in [0.717, 1.165) is 5.82 Å².